The van der Waals surface area contributed by atoms with E-state index in [2.05, 4.69) is 15.5 Å². The number of halogens is 2. The summed E-state index contributed by atoms with van der Waals surface area (Å²) in [5.41, 5.74) is 6.18. The third-order valence-electron chi connectivity index (χ3n) is 2.63. The molecular formula is C13H12F2N4O. The number of nitrogens with one attached hydrogen (secondary N) is 1. The first-order valence-electron chi connectivity index (χ1n) is 5.72. The number of aromatic nitrogens is 1. The summed E-state index contributed by atoms with van der Waals surface area (Å²) in [5.74, 6) is -1.48. The monoisotopic (exact) mass is 278 g/mol. The molecule has 0 aliphatic rings. The van der Waals surface area contributed by atoms with Gasteiger partial charge in [-0.15, -0.1) is 0 Å². The van der Waals surface area contributed by atoms with E-state index in [9.17, 15) is 8.78 Å². The molecule has 0 spiro atoms. The number of anilines is 1. The minimum Gasteiger partial charge on any atom is -0.409 e. The fourth-order valence-corrected chi connectivity index (χ4v) is 1.63. The van der Waals surface area contributed by atoms with Crippen LogP contribution in [0.25, 0.3) is 0 Å². The molecule has 5 nitrogen and oxygen atoms in total. The van der Waals surface area contributed by atoms with Crippen molar-refractivity contribution in [1.29, 1.82) is 0 Å². The lowest BCUT2D eigenvalue weighted by Crippen LogP contribution is -2.15. The van der Waals surface area contributed by atoms with Gasteiger partial charge in [0, 0.05) is 12.7 Å². The van der Waals surface area contributed by atoms with E-state index in [0.29, 0.717) is 5.56 Å². The van der Waals surface area contributed by atoms with Crippen LogP contribution < -0.4 is 11.1 Å². The molecule has 0 aliphatic carbocycles. The first kappa shape index (κ1) is 13.7. The van der Waals surface area contributed by atoms with Crippen LogP contribution in [-0.4, -0.2) is 16.0 Å². The molecule has 20 heavy (non-hydrogen) atoms. The number of para-hydroxylation sites is 1. The van der Waals surface area contributed by atoms with Gasteiger partial charge < -0.3 is 16.3 Å². The van der Waals surface area contributed by atoms with Crippen molar-refractivity contribution in [3.63, 3.8) is 0 Å². The summed E-state index contributed by atoms with van der Waals surface area (Å²) in [4.78, 5) is 3.91. The van der Waals surface area contributed by atoms with Gasteiger partial charge in [0.05, 0.1) is 0 Å². The lowest BCUT2D eigenvalue weighted by atomic mass is 10.2. The fourth-order valence-electron chi connectivity index (χ4n) is 1.63. The molecule has 0 atom stereocenters. The molecule has 4 N–H and O–H groups in total. The van der Waals surface area contributed by atoms with Crippen molar-refractivity contribution in [1.82, 2.24) is 4.98 Å². The Morgan fingerprint density at radius 2 is 2.00 bits per heavy atom. The zero-order valence-corrected chi connectivity index (χ0v) is 10.3. The molecule has 0 saturated carbocycles. The summed E-state index contributed by atoms with van der Waals surface area (Å²) >= 11 is 0. The second-order valence-electron chi connectivity index (χ2n) is 3.98. The van der Waals surface area contributed by atoms with Crippen LogP contribution in [0.2, 0.25) is 0 Å². The predicted molar refractivity (Wildman–Crippen MR) is 70.4 cm³/mol. The van der Waals surface area contributed by atoms with Gasteiger partial charge in [0.15, 0.2) is 5.84 Å². The summed E-state index contributed by atoms with van der Waals surface area (Å²) < 4.78 is 26.9. The molecule has 1 heterocycles. The Kier molecular flexibility index (Phi) is 4.09. The Balaban J connectivity index is 2.15. The van der Waals surface area contributed by atoms with Gasteiger partial charge in [0.1, 0.15) is 23.0 Å². The Labute approximate surface area is 113 Å². The van der Waals surface area contributed by atoms with Gasteiger partial charge in [-0.2, -0.15) is 0 Å². The molecule has 0 bridgehead atoms. The average Bonchev–Trinajstić information content (AvgIpc) is 2.46. The molecule has 0 radical (unpaired) electrons. The van der Waals surface area contributed by atoms with Crippen LogP contribution in [0, 0.1) is 11.6 Å². The molecule has 2 rings (SSSR count). The van der Waals surface area contributed by atoms with E-state index in [4.69, 9.17) is 10.9 Å². The van der Waals surface area contributed by atoms with Crippen molar-refractivity contribution in [2.45, 2.75) is 6.54 Å². The van der Waals surface area contributed by atoms with Gasteiger partial charge in [-0.3, -0.25) is 4.98 Å². The fraction of sp³-hybridized carbons (Fsp3) is 0.0769. The summed E-state index contributed by atoms with van der Waals surface area (Å²) in [5, 5.41) is 14.1. The van der Waals surface area contributed by atoms with Crippen LogP contribution >= 0.6 is 0 Å². The highest BCUT2D eigenvalue weighted by Gasteiger charge is 2.08. The van der Waals surface area contributed by atoms with Crippen LogP contribution in [0.3, 0.4) is 0 Å². The van der Waals surface area contributed by atoms with E-state index in [-0.39, 0.29) is 23.8 Å². The van der Waals surface area contributed by atoms with Gasteiger partial charge in [0.25, 0.3) is 0 Å². The van der Waals surface area contributed by atoms with Crippen LogP contribution in [0.15, 0.2) is 41.7 Å². The Morgan fingerprint density at radius 3 is 2.65 bits per heavy atom. The highest BCUT2D eigenvalue weighted by Crippen LogP contribution is 2.18. The molecule has 7 heteroatoms. The van der Waals surface area contributed by atoms with E-state index in [0.717, 1.165) is 0 Å². The number of hydrogen-bond donors (Lipinski definition) is 3. The van der Waals surface area contributed by atoms with Crippen LogP contribution in [0.4, 0.5) is 14.5 Å². The third-order valence-corrected chi connectivity index (χ3v) is 2.63. The number of rotatable bonds is 4. The van der Waals surface area contributed by atoms with Crippen LogP contribution in [0.5, 0.6) is 0 Å². The SMILES string of the molecule is NC(=NO)c1cc(CNc2c(F)cccc2F)ccn1. The molecule has 104 valence electrons. The Bertz CT molecular complexity index is 626. The van der Waals surface area contributed by atoms with Crippen molar-refractivity contribution in [3.05, 3.63) is 59.4 Å². The lowest BCUT2D eigenvalue weighted by Gasteiger charge is -2.09. The molecule has 0 unspecified atom stereocenters. The number of amidine groups is 1. The second kappa shape index (κ2) is 5.96. The van der Waals surface area contributed by atoms with Gasteiger partial charge in [-0.1, -0.05) is 11.2 Å². The average molecular weight is 278 g/mol. The second-order valence-corrected chi connectivity index (χ2v) is 3.98. The molecule has 0 saturated heterocycles. The number of nitrogens with zero attached hydrogens (tertiary/aromatic N) is 2. The van der Waals surface area contributed by atoms with Crippen molar-refractivity contribution in [2.75, 3.05) is 5.32 Å². The molecule has 1 aromatic carbocycles. The Hall–Kier alpha value is -2.70. The van der Waals surface area contributed by atoms with E-state index in [1.165, 1.54) is 24.4 Å². The summed E-state index contributed by atoms with van der Waals surface area (Å²) in [7, 11) is 0. The van der Waals surface area contributed by atoms with Crippen molar-refractivity contribution in [3.8, 4) is 0 Å². The predicted octanol–water partition coefficient (Wildman–Crippen LogP) is 2.07. The summed E-state index contributed by atoms with van der Waals surface area (Å²) in [6.45, 7) is 0.173. The van der Waals surface area contributed by atoms with E-state index in [1.54, 1.807) is 12.1 Å². The van der Waals surface area contributed by atoms with Gasteiger partial charge in [0.2, 0.25) is 0 Å². The first-order chi connectivity index (χ1) is 9.61. The largest absolute Gasteiger partial charge is 0.409 e. The van der Waals surface area contributed by atoms with Crippen LogP contribution in [0.1, 0.15) is 11.3 Å². The highest BCUT2D eigenvalue weighted by atomic mass is 19.1. The van der Waals surface area contributed by atoms with E-state index < -0.39 is 11.6 Å². The van der Waals surface area contributed by atoms with Crippen molar-refractivity contribution >= 4 is 11.5 Å². The normalized spacial score (nSPS) is 11.4. The molecule has 0 amide bonds. The number of oxime groups is 1. The quantitative estimate of drug-likeness (QED) is 0.346. The van der Waals surface area contributed by atoms with Gasteiger partial charge >= 0.3 is 0 Å². The van der Waals surface area contributed by atoms with Crippen molar-refractivity contribution < 1.29 is 14.0 Å². The minimum atomic E-state index is -0.671. The zero-order chi connectivity index (χ0) is 14.5. The lowest BCUT2D eigenvalue weighted by molar-refractivity contribution is 0.318. The maximum atomic E-state index is 13.4. The topological polar surface area (TPSA) is 83.5 Å². The Morgan fingerprint density at radius 1 is 1.30 bits per heavy atom. The van der Waals surface area contributed by atoms with Crippen molar-refractivity contribution in [2.24, 2.45) is 10.9 Å². The number of nitrogens with two attached hydrogens (primary N) is 1. The highest BCUT2D eigenvalue weighted by molar-refractivity contribution is 5.95. The summed E-state index contributed by atoms with van der Waals surface area (Å²) in [6.07, 6.45) is 1.46. The molecule has 1 aromatic heterocycles. The minimum absolute atomic E-state index is 0.135. The molecule has 0 fully saturated rings. The van der Waals surface area contributed by atoms with E-state index >= 15 is 0 Å². The van der Waals surface area contributed by atoms with Gasteiger partial charge in [-0.05, 0) is 29.8 Å². The number of hydrogen-bond acceptors (Lipinski definition) is 4. The van der Waals surface area contributed by atoms with Gasteiger partial charge in [-0.25, -0.2) is 8.78 Å². The maximum absolute atomic E-state index is 13.4. The van der Waals surface area contributed by atoms with E-state index in [1.807, 2.05) is 0 Å². The molecule has 2 aromatic rings. The number of pyridine rings is 1. The first-order valence-corrected chi connectivity index (χ1v) is 5.72. The van der Waals surface area contributed by atoms with Crippen LogP contribution in [-0.2, 0) is 6.54 Å². The maximum Gasteiger partial charge on any atom is 0.188 e. The standard InChI is InChI=1S/C13H12F2N4O/c14-9-2-1-3-10(15)12(9)18-7-8-4-5-17-11(6-8)13(16)19-20/h1-6,18,20H,7H2,(H2,16,19). The summed E-state index contributed by atoms with van der Waals surface area (Å²) in [6, 6.07) is 6.83. The third kappa shape index (κ3) is 3.00. The smallest absolute Gasteiger partial charge is 0.188 e. The zero-order valence-electron chi connectivity index (χ0n) is 10.3. The molecule has 0 aliphatic heterocycles. The number of benzene rings is 1. The molecular weight excluding hydrogens is 266 g/mol.